The number of halogens is 1. The number of allylic oxidation sites excluding steroid dienone is 3. The van der Waals surface area contributed by atoms with Crippen LogP contribution in [0.15, 0.2) is 42.1 Å². The van der Waals surface area contributed by atoms with Gasteiger partial charge in [0.1, 0.15) is 5.82 Å². The van der Waals surface area contributed by atoms with Gasteiger partial charge in [0, 0.05) is 11.4 Å². The molecule has 0 fully saturated rings. The Hall–Kier alpha value is -2.10. The topological polar surface area (TPSA) is 38.3 Å². The molecule has 0 saturated carbocycles. The summed E-state index contributed by atoms with van der Waals surface area (Å²) in [5.74, 6) is -1.26. The predicted molar refractivity (Wildman–Crippen MR) is 67.8 cm³/mol. The van der Waals surface area contributed by atoms with Crippen molar-refractivity contribution in [2.45, 2.75) is 12.8 Å². The highest BCUT2D eigenvalue weighted by Crippen LogP contribution is 2.19. The molecule has 0 bridgehead atoms. The van der Waals surface area contributed by atoms with Crippen LogP contribution in [0, 0.1) is 5.82 Å². The van der Waals surface area contributed by atoms with Crippen LogP contribution in [0.25, 0.3) is 0 Å². The molecule has 94 valence electrons. The summed E-state index contributed by atoms with van der Waals surface area (Å²) in [5, 5.41) is 3.09. The molecule has 1 aromatic rings. The van der Waals surface area contributed by atoms with Crippen LogP contribution in [0.5, 0.6) is 0 Å². The normalized spacial score (nSPS) is 14.0. The summed E-state index contributed by atoms with van der Waals surface area (Å²) < 4.78 is 18.1. The molecule has 4 heteroatoms. The van der Waals surface area contributed by atoms with Gasteiger partial charge in [-0.05, 0) is 37.1 Å². The molecule has 1 aliphatic rings. The van der Waals surface area contributed by atoms with Crippen LogP contribution in [0.2, 0.25) is 0 Å². The Kier molecular flexibility index (Phi) is 3.77. The fourth-order valence-electron chi connectivity index (χ4n) is 1.74. The van der Waals surface area contributed by atoms with Gasteiger partial charge in [0.25, 0.3) is 0 Å². The lowest BCUT2D eigenvalue weighted by molar-refractivity contribution is 0.0595. The van der Waals surface area contributed by atoms with Crippen molar-refractivity contribution in [1.82, 2.24) is 0 Å². The molecule has 0 heterocycles. The Morgan fingerprint density at radius 3 is 2.83 bits per heavy atom. The van der Waals surface area contributed by atoms with Crippen molar-refractivity contribution >= 4 is 11.7 Å². The van der Waals surface area contributed by atoms with Gasteiger partial charge in [0.2, 0.25) is 0 Å². The smallest absolute Gasteiger partial charge is 0.340 e. The van der Waals surface area contributed by atoms with E-state index in [1.807, 2.05) is 12.2 Å². The maximum absolute atomic E-state index is 13.7. The zero-order valence-corrected chi connectivity index (χ0v) is 10.1. The molecule has 2 rings (SSSR count). The van der Waals surface area contributed by atoms with E-state index in [-0.39, 0.29) is 5.56 Å². The minimum absolute atomic E-state index is 0.0591. The van der Waals surface area contributed by atoms with Crippen LogP contribution >= 0.6 is 0 Å². The number of esters is 1. The number of nitrogens with one attached hydrogen (secondary N) is 1. The standard InChI is InChI=1S/C14H14FNO2/c1-18-14(17)12-8-7-11(9-13(12)15)16-10-5-3-2-4-6-10/h3,5-9,16H,2,4H2,1H3. The number of ether oxygens (including phenoxy) is 1. The van der Waals surface area contributed by atoms with Crippen molar-refractivity contribution in [2.75, 3.05) is 12.4 Å². The van der Waals surface area contributed by atoms with Gasteiger partial charge in [-0.15, -0.1) is 0 Å². The largest absolute Gasteiger partial charge is 0.465 e. The van der Waals surface area contributed by atoms with Crippen molar-refractivity contribution in [3.63, 3.8) is 0 Å². The molecular formula is C14H14FNO2. The van der Waals surface area contributed by atoms with Crippen molar-refractivity contribution in [2.24, 2.45) is 0 Å². The van der Waals surface area contributed by atoms with E-state index in [4.69, 9.17) is 0 Å². The average Bonchev–Trinajstić information content (AvgIpc) is 2.39. The Labute approximate surface area is 105 Å². The van der Waals surface area contributed by atoms with Crippen LogP contribution in [0.1, 0.15) is 23.2 Å². The highest BCUT2D eigenvalue weighted by molar-refractivity contribution is 5.90. The third-order valence-corrected chi connectivity index (χ3v) is 2.66. The van der Waals surface area contributed by atoms with Crippen LogP contribution in [-0.2, 0) is 4.74 Å². The first-order valence-corrected chi connectivity index (χ1v) is 5.72. The number of hydrogen-bond acceptors (Lipinski definition) is 3. The molecule has 0 spiro atoms. The van der Waals surface area contributed by atoms with Crippen molar-refractivity contribution in [3.8, 4) is 0 Å². The molecule has 0 saturated heterocycles. The van der Waals surface area contributed by atoms with Crippen LogP contribution < -0.4 is 5.32 Å². The van der Waals surface area contributed by atoms with Gasteiger partial charge in [-0.3, -0.25) is 0 Å². The number of carbonyl (C=O) groups is 1. The molecule has 0 amide bonds. The number of methoxy groups -OCH3 is 1. The van der Waals surface area contributed by atoms with E-state index in [1.165, 1.54) is 19.2 Å². The molecule has 0 radical (unpaired) electrons. The third kappa shape index (κ3) is 2.77. The predicted octanol–water partition coefficient (Wildman–Crippen LogP) is 3.26. The monoisotopic (exact) mass is 247 g/mol. The van der Waals surface area contributed by atoms with Gasteiger partial charge in [-0.1, -0.05) is 12.2 Å². The minimum Gasteiger partial charge on any atom is -0.465 e. The van der Waals surface area contributed by atoms with E-state index in [0.717, 1.165) is 18.5 Å². The zero-order chi connectivity index (χ0) is 13.0. The Morgan fingerprint density at radius 2 is 2.22 bits per heavy atom. The van der Waals surface area contributed by atoms with Crippen LogP contribution in [0.4, 0.5) is 10.1 Å². The fourth-order valence-corrected chi connectivity index (χ4v) is 1.74. The number of carbonyl (C=O) groups excluding carboxylic acids is 1. The number of anilines is 1. The fraction of sp³-hybridized carbons (Fsp3) is 0.214. The van der Waals surface area contributed by atoms with Gasteiger partial charge in [0.15, 0.2) is 0 Å². The van der Waals surface area contributed by atoms with E-state index in [2.05, 4.69) is 16.1 Å². The quantitative estimate of drug-likeness (QED) is 0.833. The summed E-state index contributed by atoms with van der Waals surface area (Å²) in [7, 11) is 1.23. The summed E-state index contributed by atoms with van der Waals surface area (Å²) in [6.45, 7) is 0. The molecule has 0 aliphatic heterocycles. The second kappa shape index (κ2) is 5.49. The van der Waals surface area contributed by atoms with Gasteiger partial charge in [-0.2, -0.15) is 0 Å². The number of rotatable bonds is 3. The molecule has 1 N–H and O–H groups in total. The highest BCUT2D eigenvalue weighted by Gasteiger charge is 2.12. The molecule has 18 heavy (non-hydrogen) atoms. The molecule has 1 aromatic carbocycles. The molecule has 0 unspecified atom stereocenters. The molecule has 0 atom stereocenters. The third-order valence-electron chi connectivity index (χ3n) is 2.66. The van der Waals surface area contributed by atoms with Crippen LogP contribution in [0.3, 0.4) is 0 Å². The summed E-state index contributed by atoms with van der Waals surface area (Å²) in [5.41, 5.74) is 1.49. The lowest BCUT2D eigenvalue weighted by Gasteiger charge is -2.11. The maximum Gasteiger partial charge on any atom is 0.340 e. The van der Waals surface area contributed by atoms with E-state index < -0.39 is 11.8 Å². The van der Waals surface area contributed by atoms with Crippen molar-refractivity contribution in [1.29, 1.82) is 0 Å². The molecular weight excluding hydrogens is 233 g/mol. The minimum atomic E-state index is -0.671. The summed E-state index contributed by atoms with van der Waals surface area (Å²) in [4.78, 5) is 11.2. The first-order valence-electron chi connectivity index (χ1n) is 5.72. The summed E-state index contributed by atoms with van der Waals surface area (Å²) in [6.07, 6.45) is 8.06. The van der Waals surface area contributed by atoms with E-state index in [1.54, 1.807) is 6.07 Å². The van der Waals surface area contributed by atoms with Gasteiger partial charge in [-0.25, -0.2) is 9.18 Å². The second-order valence-electron chi connectivity index (χ2n) is 3.95. The first kappa shape index (κ1) is 12.4. The Morgan fingerprint density at radius 1 is 1.39 bits per heavy atom. The average molecular weight is 247 g/mol. The van der Waals surface area contributed by atoms with Gasteiger partial charge < -0.3 is 10.1 Å². The van der Waals surface area contributed by atoms with Crippen molar-refractivity contribution in [3.05, 3.63) is 53.5 Å². The Balaban J connectivity index is 2.16. The number of hydrogen-bond donors (Lipinski definition) is 1. The maximum atomic E-state index is 13.7. The van der Waals surface area contributed by atoms with Gasteiger partial charge in [0.05, 0.1) is 12.7 Å². The molecule has 3 nitrogen and oxygen atoms in total. The summed E-state index contributed by atoms with van der Waals surface area (Å²) in [6, 6.07) is 4.35. The van der Waals surface area contributed by atoms with Gasteiger partial charge >= 0.3 is 5.97 Å². The number of benzene rings is 1. The van der Waals surface area contributed by atoms with Crippen molar-refractivity contribution < 1.29 is 13.9 Å². The SMILES string of the molecule is COC(=O)c1ccc(NC2=CCCC=C2)cc1F. The molecule has 0 aromatic heterocycles. The van der Waals surface area contributed by atoms with Crippen LogP contribution in [-0.4, -0.2) is 13.1 Å². The molecule has 1 aliphatic carbocycles. The van der Waals surface area contributed by atoms with E-state index in [0.29, 0.717) is 5.69 Å². The lowest BCUT2D eigenvalue weighted by Crippen LogP contribution is -2.06. The second-order valence-corrected chi connectivity index (χ2v) is 3.95. The van der Waals surface area contributed by atoms with E-state index in [9.17, 15) is 9.18 Å². The Bertz CT molecular complexity index is 521. The summed E-state index contributed by atoms with van der Waals surface area (Å²) >= 11 is 0. The first-order chi connectivity index (χ1) is 8.70. The zero-order valence-electron chi connectivity index (χ0n) is 10.1. The van der Waals surface area contributed by atoms with E-state index >= 15 is 0 Å². The highest BCUT2D eigenvalue weighted by atomic mass is 19.1. The lowest BCUT2D eigenvalue weighted by atomic mass is 10.1.